The fourth-order valence-corrected chi connectivity index (χ4v) is 2.38. The summed E-state index contributed by atoms with van der Waals surface area (Å²) in [6.45, 7) is 2.21. The van der Waals surface area contributed by atoms with Gasteiger partial charge in [-0.3, -0.25) is 4.79 Å². The van der Waals surface area contributed by atoms with E-state index in [4.69, 9.17) is 5.11 Å². The molecular formula is C18H34O3. The van der Waals surface area contributed by atoms with Crippen LogP contribution in [-0.4, -0.2) is 22.3 Å². The zero-order valence-electron chi connectivity index (χ0n) is 13.7. The first kappa shape index (κ1) is 20.2. The van der Waals surface area contributed by atoms with Gasteiger partial charge < -0.3 is 10.2 Å². The standard InChI is InChI=1S/C18H34O3/c1-2-3-4-8-11-14-17(19)15-12-9-6-5-7-10-13-16-18(20)21/h12,15,17,19H,2-11,13-14,16H2,1H3,(H,20,21)/b15-12+. The largest absolute Gasteiger partial charge is 0.481 e. The number of rotatable bonds is 15. The first-order valence-corrected chi connectivity index (χ1v) is 8.73. The van der Waals surface area contributed by atoms with Gasteiger partial charge in [-0.05, 0) is 25.7 Å². The minimum Gasteiger partial charge on any atom is -0.481 e. The second-order valence-electron chi connectivity index (χ2n) is 5.90. The van der Waals surface area contributed by atoms with E-state index in [0.717, 1.165) is 51.4 Å². The van der Waals surface area contributed by atoms with Crippen LogP contribution in [0.3, 0.4) is 0 Å². The molecule has 0 fully saturated rings. The van der Waals surface area contributed by atoms with Gasteiger partial charge in [0, 0.05) is 6.42 Å². The zero-order chi connectivity index (χ0) is 15.8. The molecule has 2 N–H and O–H groups in total. The average molecular weight is 298 g/mol. The highest BCUT2D eigenvalue weighted by Gasteiger charge is 1.99. The molecule has 0 heterocycles. The molecule has 1 unspecified atom stereocenters. The summed E-state index contributed by atoms with van der Waals surface area (Å²) in [4.78, 5) is 10.3. The molecule has 0 aliphatic rings. The lowest BCUT2D eigenvalue weighted by Crippen LogP contribution is -2.01. The van der Waals surface area contributed by atoms with Crippen LogP contribution < -0.4 is 0 Å². The summed E-state index contributed by atoms with van der Waals surface area (Å²) >= 11 is 0. The Morgan fingerprint density at radius 3 is 2.29 bits per heavy atom. The molecule has 0 aromatic heterocycles. The Labute approximate surface area is 130 Å². The molecule has 0 spiro atoms. The number of aliphatic carboxylic acids is 1. The number of carbonyl (C=O) groups is 1. The molecule has 0 aromatic rings. The molecule has 0 bridgehead atoms. The lowest BCUT2D eigenvalue weighted by Gasteiger charge is -2.05. The van der Waals surface area contributed by atoms with Crippen LogP contribution in [0.4, 0.5) is 0 Å². The number of carboxylic acids is 1. The quantitative estimate of drug-likeness (QED) is 0.327. The van der Waals surface area contributed by atoms with E-state index >= 15 is 0 Å². The van der Waals surface area contributed by atoms with Crippen molar-refractivity contribution in [3.8, 4) is 0 Å². The Morgan fingerprint density at radius 2 is 1.57 bits per heavy atom. The molecule has 3 nitrogen and oxygen atoms in total. The minimum atomic E-state index is -0.693. The van der Waals surface area contributed by atoms with E-state index < -0.39 is 5.97 Å². The molecule has 124 valence electrons. The SMILES string of the molecule is CCCCCCCC(O)/C=C/CCCCCCCC(=O)O. The van der Waals surface area contributed by atoms with Crippen LogP contribution in [0, 0.1) is 0 Å². The van der Waals surface area contributed by atoms with Gasteiger partial charge in [-0.25, -0.2) is 0 Å². The first-order chi connectivity index (χ1) is 10.2. The van der Waals surface area contributed by atoms with Crippen molar-refractivity contribution in [3.05, 3.63) is 12.2 Å². The van der Waals surface area contributed by atoms with Crippen LogP contribution in [0.1, 0.15) is 90.4 Å². The second kappa shape index (κ2) is 15.6. The van der Waals surface area contributed by atoms with Crippen molar-refractivity contribution in [1.29, 1.82) is 0 Å². The van der Waals surface area contributed by atoms with Crippen molar-refractivity contribution in [2.45, 2.75) is 96.5 Å². The van der Waals surface area contributed by atoms with Gasteiger partial charge in [-0.1, -0.05) is 70.4 Å². The predicted octanol–water partition coefficient (Wildman–Crippen LogP) is 5.08. The Bertz CT molecular complexity index is 261. The molecule has 1 atom stereocenters. The monoisotopic (exact) mass is 298 g/mol. The highest BCUT2D eigenvalue weighted by atomic mass is 16.4. The molecule has 0 aliphatic heterocycles. The maximum atomic E-state index is 10.3. The first-order valence-electron chi connectivity index (χ1n) is 8.73. The van der Waals surface area contributed by atoms with Gasteiger partial charge in [0.2, 0.25) is 0 Å². The van der Waals surface area contributed by atoms with Crippen LogP contribution in [-0.2, 0) is 4.79 Å². The van der Waals surface area contributed by atoms with Crippen LogP contribution in [0.2, 0.25) is 0 Å². The molecule has 0 aliphatic carbocycles. The van der Waals surface area contributed by atoms with Gasteiger partial charge in [0.15, 0.2) is 0 Å². The van der Waals surface area contributed by atoms with E-state index in [0.29, 0.717) is 6.42 Å². The smallest absolute Gasteiger partial charge is 0.303 e. The molecular weight excluding hydrogens is 264 g/mol. The summed E-state index contributed by atoms with van der Waals surface area (Å²) in [6, 6.07) is 0. The number of aliphatic hydroxyl groups excluding tert-OH is 1. The van der Waals surface area contributed by atoms with E-state index in [1.54, 1.807) is 0 Å². The average Bonchev–Trinajstić information content (AvgIpc) is 2.45. The number of hydrogen-bond donors (Lipinski definition) is 2. The van der Waals surface area contributed by atoms with Gasteiger partial charge in [-0.2, -0.15) is 0 Å². The number of allylic oxidation sites excluding steroid dienone is 1. The van der Waals surface area contributed by atoms with Crippen molar-refractivity contribution in [2.75, 3.05) is 0 Å². The van der Waals surface area contributed by atoms with E-state index in [1.807, 2.05) is 6.08 Å². The highest BCUT2D eigenvalue weighted by Crippen LogP contribution is 2.10. The third-order valence-electron chi connectivity index (χ3n) is 3.72. The third-order valence-corrected chi connectivity index (χ3v) is 3.72. The van der Waals surface area contributed by atoms with E-state index in [2.05, 4.69) is 13.0 Å². The number of aliphatic hydroxyl groups is 1. The van der Waals surface area contributed by atoms with Crippen molar-refractivity contribution in [1.82, 2.24) is 0 Å². The van der Waals surface area contributed by atoms with Crippen molar-refractivity contribution < 1.29 is 15.0 Å². The van der Waals surface area contributed by atoms with Crippen LogP contribution in [0.25, 0.3) is 0 Å². The van der Waals surface area contributed by atoms with E-state index in [9.17, 15) is 9.90 Å². The van der Waals surface area contributed by atoms with Crippen molar-refractivity contribution in [2.24, 2.45) is 0 Å². The molecule has 0 rings (SSSR count). The van der Waals surface area contributed by atoms with Crippen LogP contribution >= 0.6 is 0 Å². The molecule has 0 aromatic carbocycles. The predicted molar refractivity (Wildman–Crippen MR) is 88.5 cm³/mol. The van der Waals surface area contributed by atoms with E-state index in [-0.39, 0.29) is 6.10 Å². The summed E-state index contributed by atoms with van der Waals surface area (Å²) in [5.41, 5.74) is 0. The molecule has 0 saturated heterocycles. The molecule has 3 heteroatoms. The normalized spacial score (nSPS) is 12.9. The minimum absolute atomic E-state index is 0.276. The second-order valence-corrected chi connectivity index (χ2v) is 5.90. The molecule has 0 saturated carbocycles. The molecule has 21 heavy (non-hydrogen) atoms. The van der Waals surface area contributed by atoms with Gasteiger partial charge in [0.1, 0.15) is 0 Å². The van der Waals surface area contributed by atoms with Crippen LogP contribution in [0.15, 0.2) is 12.2 Å². The van der Waals surface area contributed by atoms with Gasteiger partial charge in [-0.15, -0.1) is 0 Å². The summed E-state index contributed by atoms with van der Waals surface area (Å²) in [5, 5.41) is 18.3. The van der Waals surface area contributed by atoms with Gasteiger partial charge >= 0.3 is 5.97 Å². The third kappa shape index (κ3) is 17.1. The summed E-state index contributed by atoms with van der Waals surface area (Å²) in [6.07, 6.45) is 17.4. The van der Waals surface area contributed by atoms with Gasteiger partial charge in [0.05, 0.1) is 6.10 Å². The Morgan fingerprint density at radius 1 is 0.952 bits per heavy atom. The Hall–Kier alpha value is -0.830. The Balaban J connectivity index is 3.28. The van der Waals surface area contributed by atoms with Crippen molar-refractivity contribution in [3.63, 3.8) is 0 Å². The van der Waals surface area contributed by atoms with Crippen LogP contribution in [0.5, 0.6) is 0 Å². The summed E-state index contributed by atoms with van der Waals surface area (Å²) in [5.74, 6) is -0.693. The van der Waals surface area contributed by atoms with E-state index in [1.165, 1.54) is 25.7 Å². The number of unbranched alkanes of at least 4 members (excludes halogenated alkanes) is 9. The Kier molecular flexibility index (Phi) is 14.9. The molecule has 0 amide bonds. The fourth-order valence-electron chi connectivity index (χ4n) is 2.38. The lowest BCUT2D eigenvalue weighted by molar-refractivity contribution is -0.137. The zero-order valence-corrected chi connectivity index (χ0v) is 13.7. The number of carboxylic acid groups (broad SMARTS) is 1. The maximum Gasteiger partial charge on any atom is 0.303 e. The summed E-state index contributed by atoms with van der Waals surface area (Å²) < 4.78 is 0. The van der Waals surface area contributed by atoms with Crippen molar-refractivity contribution >= 4 is 5.97 Å². The maximum absolute atomic E-state index is 10.3. The fraction of sp³-hybridized carbons (Fsp3) is 0.833. The number of hydrogen-bond acceptors (Lipinski definition) is 2. The van der Waals surface area contributed by atoms with Gasteiger partial charge in [0.25, 0.3) is 0 Å². The summed E-state index contributed by atoms with van der Waals surface area (Å²) in [7, 11) is 0. The topological polar surface area (TPSA) is 57.5 Å². The molecule has 0 radical (unpaired) electrons. The highest BCUT2D eigenvalue weighted by molar-refractivity contribution is 5.66. The lowest BCUT2D eigenvalue weighted by atomic mass is 10.1.